The number of rotatable bonds is 7. The molecule has 0 radical (unpaired) electrons. The zero-order valence-electron chi connectivity index (χ0n) is 19.5. The van der Waals surface area contributed by atoms with Crippen LogP contribution in [0.25, 0.3) is 22.4 Å². The first-order chi connectivity index (χ1) is 17.3. The quantitative estimate of drug-likeness (QED) is 0.292. The predicted octanol–water partition coefficient (Wildman–Crippen LogP) is 6.07. The maximum Gasteiger partial charge on any atom is 0.459 e. The minimum Gasteiger partial charge on any atom is -0.261 e. The minimum absolute atomic E-state index is 0.0229. The molecule has 0 unspecified atom stereocenters. The Kier molecular flexibility index (Phi) is 6.95. The molecule has 37 heavy (non-hydrogen) atoms. The molecule has 0 bridgehead atoms. The lowest BCUT2D eigenvalue weighted by molar-refractivity contribution is -0.291. The molecule has 0 aliphatic heterocycles. The van der Waals surface area contributed by atoms with Crippen LogP contribution in [0.1, 0.15) is 16.8 Å². The van der Waals surface area contributed by atoms with Crippen molar-refractivity contribution in [2.75, 3.05) is 0 Å². The molecule has 0 atom stereocenters. The fourth-order valence-corrected chi connectivity index (χ4v) is 4.79. The van der Waals surface area contributed by atoms with Crippen molar-refractivity contribution in [1.29, 1.82) is 0 Å². The highest BCUT2D eigenvalue weighted by Gasteiger charge is 2.62. The van der Waals surface area contributed by atoms with Gasteiger partial charge in [0.2, 0.25) is 10.0 Å². The van der Waals surface area contributed by atoms with Crippen LogP contribution in [-0.2, 0) is 28.9 Å². The molecular formula is C26H22F5N3O2S. The third-order valence-electron chi connectivity index (χ3n) is 5.85. The number of benzene rings is 3. The lowest BCUT2D eigenvalue weighted by Crippen LogP contribution is -2.36. The summed E-state index contributed by atoms with van der Waals surface area (Å²) in [7, 11) is -4.37. The lowest BCUT2D eigenvalue weighted by Gasteiger charge is -2.22. The van der Waals surface area contributed by atoms with E-state index in [0.29, 0.717) is 10.2 Å². The first kappa shape index (κ1) is 26.5. The van der Waals surface area contributed by atoms with E-state index in [1.165, 1.54) is 30.3 Å². The normalized spacial score (nSPS) is 12.6. The van der Waals surface area contributed by atoms with Gasteiger partial charge in [-0.15, -0.1) is 0 Å². The third kappa shape index (κ3) is 5.28. The highest BCUT2D eigenvalue weighted by atomic mass is 32.2. The van der Waals surface area contributed by atoms with Crippen molar-refractivity contribution >= 4 is 10.0 Å². The minimum atomic E-state index is -5.94. The zero-order chi connectivity index (χ0) is 27.0. The van der Waals surface area contributed by atoms with Crippen molar-refractivity contribution in [3.05, 3.63) is 95.7 Å². The number of alkyl halides is 5. The highest BCUT2D eigenvalue weighted by Crippen LogP contribution is 2.50. The second-order valence-corrected chi connectivity index (χ2v) is 10.0. The van der Waals surface area contributed by atoms with Crippen LogP contribution in [0.15, 0.2) is 83.8 Å². The Bertz CT molecular complexity index is 1510. The molecule has 0 saturated carbocycles. The number of aryl methyl sites for hydroxylation is 3. The second-order valence-electron chi connectivity index (χ2n) is 8.51. The first-order valence-corrected chi connectivity index (χ1v) is 12.6. The molecule has 0 fully saturated rings. The Morgan fingerprint density at radius 1 is 0.865 bits per heavy atom. The van der Waals surface area contributed by atoms with Gasteiger partial charge in [-0.1, -0.05) is 78.4 Å². The van der Waals surface area contributed by atoms with E-state index in [9.17, 15) is 21.6 Å². The van der Waals surface area contributed by atoms with Gasteiger partial charge in [0.25, 0.3) is 0 Å². The van der Waals surface area contributed by atoms with E-state index in [0.717, 1.165) is 11.6 Å². The largest absolute Gasteiger partial charge is 0.459 e. The van der Waals surface area contributed by atoms with Gasteiger partial charge < -0.3 is 0 Å². The molecule has 0 amide bonds. The van der Waals surface area contributed by atoms with Gasteiger partial charge in [0.05, 0.1) is 4.90 Å². The summed E-state index contributed by atoms with van der Waals surface area (Å²) in [6.45, 7) is 1.41. The topological polar surface area (TPSA) is 78.0 Å². The Morgan fingerprint density at radius 2 is 1.46 bits per heavy atom. The third-order valence-corrected chi connectivity index (χ3v) is 6.82. The number of hydrogen-bond donors (Lipinski definition) is 1. The molecule has 0 aliphatic carbocycles. The van der Waals surface area contributed by atoms with Crippen LogP contribution in [0.5, 0.6) is 0 Å². The zero-order valence-corrected chi connectivity index (χ0v) is 20.3. The van der Waals surface area contributed by atoms with E-state index < -0.39 is 38.3 Å². The summed E-state index contributed by atoms with van der Waals surface area (Å²) >= 11 is 0. The maximum atomic E-state index is 15.2. The number of primary sulfonamides is 1. The van der Waals surface area contributed by atoms with Crippen LogP contribution < -0.4 is 5.14 Å². The van der Waals surface area contributed by atoms with Gasteiger partial charge in [0, 0.05) is 17.7 Å². The molecule has 0 aliphatic rings. The predicted molar refractivity (Wildman–Crippen MR) is 129 cm³/mol. The summed E-state index contributed by atoms with van der Waals surface area (Å²) in [5.74, 6) is -5.30. The number of aromatic nitrogens is 2. The Hall–Kier alpha value is -3.57. The summed E-state index contributed by atoms with van der Waals surface area (Å²) in [5.41, 5.74) is -0.961. The van der Waals surface area contributed by atoms with Crippen LogP contribution in [0.4, 0.5) is 22.0 Å². The van der Waals surface area contributed by atoms with Crippen LogP contribution >= 0.6 is 0 Å². The van der Waals surface area contributed by atoms with Crippen molar-refractivity contribution in [3.63, 3.8) is 0 Å². The van der Waals surface area contributed by atoms with Gasteiger partial charge in [0.1, 0.15) is 11.4 Å². The van der Waals surface area contributed by atoms with Gasteiger partial charge in [-0.2, -0.15) is 27.1 Å². The average molecular weight is 536 g/mol. The van der Waals surface area contributed by atoms with Gasteiger partial charge in [-0.25, -0.2) is 13.6 Å². The van der Waals surface area contributed by atoms with Crippen LogP contribution in [-0.4, -0.2) is 24.4 Å². The van der Waals surface area contributed by atoms with Crippen LogP contribution in [0, 0.1) is 6.92 Å². The average Bonchev–Trinajstić information content (AvgIpc) is 3.23. The second kappa shape index (κ2) is 9.71. The monoisotopic (exact) mass is 535 g/mol. The summed E-state index contributed by atoms with van der Waals surface area (Å²) in [6.07, 6.45) is -5.83. The molecule has 0 spiro atoms. The molecule has 4 aromatic rings. The van der Waals surface area contributed by atoms with Gasteiger partial charge in [-0.3, -0.25) is 4.68 Å². The molecule has 1 heterocycles. The van der Waals surface area contributed by atoms with Crippen molar-refractivity contribution < 1.29 is 30.4 Å². The molecule has 0 saturated heterocycles. The number of nitrogens with two attached hydrogens (primary N) is 1. The lowest BCUT2D eigenvalue weighted by atomic mass is 9.95. The molecule has 11 heteroatoms. The van der Waals surface area contributed by atoms with E-state index in [1.54, 1.807) is 49.4 Å². The van der Waals surface area contributed by atoms with Gasteiger partial charge >= 0.3 is 12.1 Å². The van der Waals surface area contributed by atoms with E-state index in [-0.39, 0.29) is 29.8 Å². The molecule has 3 aromatic carbocycles. The highest BCUT2D eigenvalue weighted by molar-refractivity contribution is 7.89. The Morgan fingerprint density at radius 3 is 2.05 bits per heavy atom. The SMILES string of the molecule is Cc1ccc(-c2c(-c3ccccc3S(N)(=O)=O)nn(CCc3ccccc3)c2C(F)(F)C(F)(F)F)cc1. The number of sulfonamides is 1. The summed E-state index contributed by atoms with van der Waals surface area (Å²) < 4.78 is 97.0. The van der Waals surface area contributed by atoms with Crippen molar-refractivity contribution in [2.24, 2.45) is 5.14 Å². The van der Waals surface area contributed by atoms with Crippen LogP contribution in [0.3, 0.4) is 0 Å². The van der Waals surface area contributed by atoms with Crippen LogP contribution in [0.2, 0.25) is 0 Å². The fraction of sp³-hybridized carbons (Fsp3) is 0.192. The van der Waals surface area contributed by atoms with Crippen molar-refractivity contribution in [1.82, 2.24) is 9.78 Å². The standard InChI is InChI=1S/C26H22F5N3O2S/c1-17-11-13-19(14-12-17)22-23(20-9-5-6-10-21(20)37(32,35)36)33-34(16-15-18-7-3-2-4-8-18)24(22)25(27,28)26(29,30)31/h2-14H,15-16H2,1H3,(H2,32,35,36). The molecule has 5 nitrogen and oxygen atoms in total. The Labute approximate surface area is 210 Å². The van der Waals surface area contributed by atoms with Crippen molar-refractivity contribution in [2.45, 2.75) is 36.9 Å². The smallest absolute Gasteiger partial charge is 0.261 e. The number of halogens is 5. The van der Waals surface area contributed by atoms with E-state index >= 15 is 8.78 Å². The Balaban J connectivity index is 2.06. The fourth-order valence-electron chi connectivity index (χ4n) is 4.05. The molecule has 2 N–H and O–H groups in total. The summed E-state index contributed by atoms with van der Waals surface area (Å²) in [4.78, 5) is -0.446. The summed E-state index contributed by atoms with van der Waals surface area (Å²) in [5, 5.41) is 9.51. The molecular weight excluding hydrogens is 513 g/mol. The van der Waals surface area contributed by atoms with E-state index in [4.69, 9.17) is 5.14 Å². The van der Waals surface area contributed by atoms with E-state index in [2.05, 4.69) is 5.10 Å². The maximum absolute atomic E-state index is 15.2. The molecule has 1 aromatic heterocycles. The molecule has 194 valence electrons. The molecule has 4 rings (SSSR count). The van der Waals surface area contributed by atoms with E-state index in [1.807, 2.05) is 0 Å². The first-order valence-electron chi connectivity index (χ1n) is 11.1. The van der Waals surface area contributed by atoms with Gasteiger partial charge in [0.15, 0.2) is 0 Å². The number of nitrogens with zero attached hydrogens (tertiary/aromatic N) is 2. The van der Waals surface area contributed by atoms with Gasteiger partial charge in [-0.05, 0) is 30.5 Å². The number of hydrogen-bond acceptors (Lipinski definition) is 3. The van der Waals surface area contributed by atoms with Crippen molar-refractivity contribution in [3.8, 4) is 22.4 Å². The summed E-state index contributed by atoms with van der Waals surface area (Å²) in [6, 6.07) is 19.7.